The maximum atomic E-state index is 14.1. The Hall–Kier alpha value is -1.52. The summed E-state index contributed by atoms with van der Waals surface area (Å²) in [6.07, 6.45) is -3.83. The van der Waals surface area contributed by atoms with E-state index in [1.54, 1.807) is 60.7 Å². The van der Waals surface area contributed by atoms with Crippen LogP contribution in [0.3, 0.4) is 0 Å². The number of rotatable bonds is 16. The second-order valence-corrected chi connectivity index (χ2v) is 16.6. The molecule has 0 spiro atoms. The van der Waals surface area contributed by atoms with Gasteiger partial charge in [0.1, 0.15) is 11.9 Å². The molecule has 0 fully saturated rings. The number of carbonyl (C=O) groups is 2. The molecule has 0 aromatic heterocycles. The van der Waals surface area contributed by atoms with Gasteiger partial charge in [-0.05, 0) is 28.5 Å². The van der Waals surface area contributed by atoms with E-state index in [0.29, 0.717) is 5.75 Å². The van der Waals surface area contributed by atoms with Crippen LogP contribution < -0.4 is 4.74 Å². The predicted octanol–water partition coefficient (Wildman–Crippen LogP) is 6.17. The summed E-state index contributed by atoms with van der Waals surface area (Å²) in [5, 5.41) is 0. The molecule has 2 rings (SSSR count). The van der Waals surface area contributed by atoms with Gasteiger partial charge < -0.3 is 23.7 Å². The molecule has 0 saturated carbocycles. The van der Waals surface area contributed by atoms with Crippen molar-refractivity contribution in [1.29, 1.82) is 0 Å². The summed E-state index contributed by atoms with van der Waals surface area (Å²) >= 11 is 0. The Bertz CT molecular complexity index is 1280. The molecule has 13 nitrogen and oxygen atoms in total. The average molecular weight is 715 g/mol. The Morgan fingerprint density at radius 2 is 1.20 bits per heavy atom. The number of hydrogen-bond acceptors (Lipinski definition) is 12. The molecule has 1 unspecified atom stereocenters. The first kappa shape index (κ1) is 42.5. The molecule has 2 aromatic rings. The van der Waals surface area contributed by atoms with Gasteiger partial charge in [-0.15, -0.1) is 0 Å². The summed E-state index contributed by atoms with van der Waals surface area (Å²) in [6.45, 7) is 8.67. The zero-order valence-corrected chi connectivity index (χ0v) is 28.1. The van der Waals surface area contributed by atoms with Crippen molar-refractivity contribution in [2.45, 2.75) is 65.5 Å². The fourth-order valence-electron chi connectivity index (χ4n) is 3.51. The van der Waals surface area contributed by atoms with Gasteiger partial charge in [-0.25, -0.2) is 9.59 Å². The summed E-state index contributed by atoms with van der Waals surface area (Å²) in [5.74, 6) is 0.374. The molecule has 0 saturated heterocycles. The van der Waals surface area contributed by atoms with Crippen LogP contribution in [0.15, 0.2) is 60.7 Å². The Kier molecular flexibility index (Phi) is 18.0. The molecule has 0 radical (unpaired) electrons. The van der Waals surface area contributed by atoms with Crippen LogP contribution in [0.2, 0.25) is 0 Å². The average Bonchev–Trinajstić information content (AvgIpc) is 2.93. The van der Waals surface area contributed by atoms with Gasteiger partial charge in [0, 0.05) is 12.8 Å². The van der Waals surface area contributed by atoms with Crippen molar-refractivity contribution < 1.29 is 59.9 Å². The van der Waals surface area contributed by atoms with Gasteiger partial charge >= 0.3 is 71.3 Å². The first-order chi connectivity index (χ1) is 20.9. The normalized spacial score (nSPS) is 13.5. The van der Waals surface area contributed by atoms with Crippen LogP contribution in [-0.4, -0.2) is 115 Å². The number of hydrogen-bond donors (Lipinski definition) is 1. The van der Waals surface area contributed by atoms with Crippen molar-refractivity contribution in [1.82, 2.24) is 0 Å². The number of benzene rings is 2. The summed E-state index contributed by atoms with van der Waals surface area (Å²) in [4.78, 5) is 21.9. The Labute approximate surface area is 313 Å². The third-order valence-corrected chi connectivity index (χ3v) is 9.88. The van der Waals surface area contributed by atoms with Crippen LogP contribution >= 0.6 is 7.60 Å². The van der Waals surface area contributed by atoms with Crippen LogP contribution in [0.1, 0.15) is 53.5 Å². The molecular formula is C30H44KO13PS. The first-order valence-electron chi connectivity index (χ1n) is 14.1. The van der Waals surface area contributed by atoms with E-state index in [2.05, 4.69) is 0 Å². The third kappa shape index (κ3) is 17.6. The van der Waals surface area contributed by atoms with Crippen LogP contribution in [0.5, 0.6) is 5.75 Å². The Morgan fingerprint density at radius 1 is 0.761 bits per heavy atom. The number of carbonyl (C=O) groups excluding carboxylic acids is 2. The van der Waals surface area contributed by atoms with Gasteiger partial charge in [0.05, 0.1) is 13.2 Å². The van der Waals surface area contributed by atoms with E-state index in [0.717, 1.165) is 5.56 Å². The molecule has 254 valence electrons. The topological polar surface area (TPSA) is 170 Å². The molecular weight excluding hydrogens is 670 g/mol. The fraction of sp³-hybridized carbons (Fsp3) is 0.533. The van der Waals surface area contributed by atoms with Crippen LogP contribution in [-0.2, 0) is 49.1 Å². The molecule has 46 heavy (non-hydrogen) atoms. The first-order valence-corrected chi connectivity index (χ1v) is 17.2. The second-order valence-electron chi connectivity index (χ2n) is 12.5. The van der Waals surface area contributed by atoms with E-state index in [1.165, 1.54) is 0 Å². The van der Waals surface area contributed by atoms with Crippen molar-refractivity contribution >= 4 is 81.4 Å². The van der Waals surface area contributed by atoms with Crippen LogP contribution in [0.25, 0.3) is 0 Å². The van der Waals surface area contributed by atoms with Crippen molar-refractivity contribution in [3.63, 3.8) is 0 Å². The summed E-state index contributed by atoms with van der Waals surface area (Å²) in [5.41, 5.74) is -0.0291. The molecule has 2 atom stereocenters. The van der Waals surface area contributed by atoms with Crippen LogP contribution in [0.4, 0.5) is 9.59 Å². The Balaban J connectivity index is 0.0000106. The van der Waals surface area contributed by atoms with E-state index in [1.807, 2.05) is 41.5 Å². The van der Waals surface area contributed by atoms with Gasteiger partial charge in [0.2, 0.25) is 13.6 Å². The second kappa shape index (κ2) is 19.5. The number of ether oxygens (including phenoxy) is 5. The summed E-state index contributed by atoms with van der Waals surface area (Å²) in [6, 6.07) is 17.4. The quantitative estimate of drug-likeness (QED) is 0.0689. The molecule has 16 heteroatoms. The predicted molar refractivity (Wildman–Crippen MR) is 171 cm³/mol. The molecule has 0 bridgehead atoms. The van der Waals surface area contributed by atoms with E-state index in [4.69, 9.17) is 32.7 Å². The van der Waals surface area contributed by atoms with Crippen molar-refractivity contribution in [2.75, 3.05) is 26.8 Å². The summed E-state index contributed by atoms with van der Waals surface area (Å²) in [7, 11) is -10.2. The maximum absolute atomic E-state index is 14.1. The van der Waals surface area contributed by atoms with Crippen molar-refractivity contribution in [3.05, 3.63) is 66.2 Å². The Morgan fingerprint density at radius 3 is 1.61 bits per heavy atom. The fourth-order valence-corrected chi connectivity index (χ4v) is 6.94. The summed E-state index contributed by atoms with van der Waals surface area (Å²) < 4.78 is 85.9. The van der Waals surface area contributed by atoms with Crippen molar-refractivity contribution in [3.8, 4) is 5.75 Å². The number of para-hydroxylation sites is 1. The molecule has 1 N–H and O–H groups in total. The van der Waals surface area contributed by atoms with Crippen LogP contribution in [0, 0.1) is 10.8 Å². The minimum atomic E-state index is -5.20. The monoisotopic (exact) mass is 714 g/mol. The van der Waals surface area contributed by atoms with Gasteiger partial charge in [-0.3, -0.25) is 18.2 Å². The van der Waals surface area contributed by atoms with Crippen molar-refractivity contribution in [2.24, 2.45) is 10.8 Å². The molecule has 0 aliphatic heterocycles. The zero-order valence-electron chi connectivity index (χ0n) is 26.4. The van der Waals surface area contributed by atoms with E-state index < -0.39 is 61.1 Å². The molecule has 0 aliphatic rings. The standard InChI is InChI=1S/C30H43O13PS.K.H/c1-29(2,3)19-37-27(31)39-21-41-44(33,42-22-40-28(32)38-20-30(4,5)6)26(45(34,35)36)18-25(17-23-13-9-7-10-14-23)43-24-15-11-8-12-16-24;;/h7-16,25-26H,17-22H2,1-6H3,(H,34,35,36);;/t25?,26-;;/m0../s1. The molecule has 0 aliphatic carbocycles. The third-order valence-electron chi connectivity index (χ3n) is 5.58. The van der Waals surface area contributed by atoms with Gasteiger partial charge in [0.15, 0.2) is 4.99 Å². The SMILES string of the molecule is CC(C)(C)COC(=O)OCOP(=O)(OCOC(=O)OCC(C)(C)C)[C@H](CC(Cc1ccccc1)Oc1ccccc1)S(=O)(=O)O.[KH]. The molecule has 2 aromatic carbocycles. The van der Waals surface area contributed by atoms with Gasteiger partial charge in [-0.2, -0.15) is 8.42 Å². The molecule has 0 heterocycles. The van der Waals surface area contributed by atoms with Gasteiger partial charge in [-0.1, -0.05) is 90.1 Å². The van der Waals surface area contributed by atoms with E-state index >= 15 is 0 Å². The van der Waals surface area contributed by atoms with E-state index in [-0.39, 0.29) is 81.8 Å². The zero-order chi connectivity index (χ0) is 33.7. The van der Waals surface area contributed by atoms with E-state index in [9.17, 15) is 27.1 Å². The molecule has 0 amide bonds. The van der Waals surface area contributed by atoms with Gasteiger partial charge in [0.25, 0.3) is 10.1 Å². The minimum absolute atomic E-state index is 0.